The van der Waals surface area contributed by atoms with E-state index >= 15 is 0 Å². The van der Waals surface area contributed by atoms with Crippen LogP contribution >= 0.6 is 7.44 Å². The van der Waals surface area contributed by atoms with Crippen molar-refractivity contribution in [2.75, 3.05) is 19.9 Å². The van der Waals surface area contributed by atoms with Crippen LogP contribution in [0.1, 0.15) is 47.0 Å². The molecular formula is C14H29N2O5P. The Bertz CT molecular complexity index is 403. The van der Waals surface area contributed by atoms with E-state index in [-0.39, 0.29) is 13.2 Å². The molecule has 2 N–H and O–H groups in total. The van der Waals surface area contributed by atoms with Gasteiger partial charge in [0.2, 0.25) is 7.44 Å². The van der Waals surface area contributed by atoms with E-state index in [4.69, 9.17) is 9.47 Å². The number of nitrogens with one attached hydrogen (secondary N) is 2. The summed E-state index contributed by atoms with van der Waals surface area (Å²) in [5, 5.41) is 5.51. The zero-order chi connectivity index (χ0) is 17.2. The molecular weight excluding hydrogens is 307 g/mol. The molecule has 3 atom stereocenters. The van der Waals surface area contributed by atoms with Crippen molar-refractivity contribution in [2.24, 2.45) is 0 Å². The standard InChI is InChI=1S/C14H29N2O5P/c1-6-9-10-12(14(18)21-8-3)16-22(5,19)15-11(4)13(17)20-7-2/h11-12H,6-10H2,1-5H3,(H2,15,16,19). The van der Waals surface area contributed by atoms with Crippen molar-refractivity contribution in [1.29, 1.82) is 0 Å². The van der Waals surface area contributed by atoms with Crippen molar-refractivity contribution in [3.05, 3.63) is 0 Å². The Balaban J connectivity index is 4.74. The zero-order valence-corrected chi connectivity index (χ0v) is 15.1. The number of hydrogen-bond acceptors (Lipinski definition) is 5. The molecule has 0 aromatic heterocycles. The number of esters is 2. The molecule has 0 bridgehead atoms. The lowest BCUT2D eigenvalue weighted by molar-refractivity contribution is -0.145. The molecule has 0 aromatic carbocycles. The normalized spacial score (nSPS) is 16.4. The van der Waals surface area contributed by atoms with E-state index in [2.05, 4.69) is 10.2 Å². The molecule has 130 valence electrons. The summed E-state index contributed by atoms with van der Waals surface area (Å²) in [7, 11) is -3.10. The third-order valence-corrected chi connectivity index (χ3v) is 4.58. The molecule has 0 aromatic rings. The van der Waals surface area contributed by atoms with Crippen LogP contribution in [-0.2, 0) is 23.6 Å². The topological polar surface area (TPSA) is 93.7 Å². The third-order valence-electron chi connectivity index (χ3n) is 2.90. The Hall–Kier alpha value is -0.910. The van der Waals surface area contributed by atoms with Crippen LogP contribution in [0.2, 0.25) is 0 Å². The van der Waals surface area contributed by atoms with Crippen molar-refractivity contribution >= 4 is 19.4 Å². The van der Waals surface area contributed by atoms with Gasteiger partial charge < -0.3 is 9.47 Å². The highest BCUT2D eigenvalue weighted by atomic mass is 31.2. The SMILES string of the molecule is CCCCC(NP(C)(=O)NC(C)C(=O)OCC)C(=O)OCC. The van der Waals surface area contributed by atoms with Gasteiger partial charge in [0.05, 0.1) is 13.2 Å². The maximum absolute atomic E-state index is 12.6. The fourth-order valence-electron chi connectivity index (χ4n) is 1.91. The van der Waals surface area contributed by atoms with Gasteiger partial charge >= 0.3 is 11.9 Å². The second-order valence-electron chi connectivity index (χ2n) is 5.10. The highest BCUT2D eigenvalue weighted by Gasteiger charge is 2.29. The summed E-state index contributed by atoms with van der Waals surface area (Å²) in [6.45, 7) is 8.98. The summed E-state index contributed by atoms with van der Waals surface area (Å²) in [4.78, 5) is 23.5. The smallest absolute Gasteiger partial charge is 0.323 e. The lowest BCUT2D eigenvalue weighted by atomic mass is 10.1. The van der Waals surface area contributed by atoms with Crippen LogP contribution in [0.5, 0.6) is 0 Å². The predicted octanol–water partition coefficient (Wildman–Crippen LogP) is 2.06. The summed E-state index contributed by atoms with van der Waals surface area (Å²) >= 11 is 0. The molecule has 0 rings (SSSR count). The highest BCUT2D eigenvalue weighted by Crippen LogP contribution is 2.33. The van der Waals surface area contributed by atoms with Gasteiger partial charge in [0, 0.05) is 6.66 Å². The maximum Gasteiger partial charge on any atom is 0.323 e. The van der Waals surface area contributed by atoms with Crippen molar-refractivity contribution in [1.82, 2.24) is 10.2 Å². The summed E-state index contributed by atoms with van der Waals surface area (Å²) in [5.74, 6) is -0.906. The van der Waals surface area contributed by atoms with E-state index in [9.17, 15) is 14.2 Å². The van der Waals surface area contributed by atoms with Crippen LogP contribution in [0.15, 0.2) is 0 Å². The second kappa shape index (κ2) is 10.8. The number of unbranched alkanes of at least 4 members (excludes halogenated alkanes) is 1. The fraction of sp³-hybridized carbons (Fsp3) is 0.857. The number of hydrogen-bond donors (Lipinski definition) is 2. The van der Waals surface area contributed by atoms with Crippen molar-refractivity contribution in [2.45, 2.75) is 59.0 Å². The Morgan fingerprint density at radius 1 is 1.05 bits per heavy atom. The first kappa shape index (κ1) is 21.1. The minimum absolute atomic E-state index is 0.258. The van der Waals surface area contributed by atoms with E-state index in [0.29, 0.717) is 6.42 Å². The van der Waals surface area contributed by atoms with Gasteiger partial charge in [0.25, 0.3) is 0 Å². The molecule has 7 nitrogen and oxygen atoms in total. The Morgan fingerprint density at radius 2 is 1.59 bits per heavy atom. The molecule has 3 unspecified atom stereocenters. The van der Waals surface area contributed by atoms with E-state index in [1.165, 1.54) is 6.66 Å². The monoisotopic (exact) mass is 336 g/mol. The molecule has 0 aliphatic heterocycles. The van der Waals surface area contributed by atoms with E-state index < -0.39 is 31.5 Å². The highest BCUT2D eigenvalue weighted by molar-refractivity contribution is 7.59. The fourth-order valence-corrected chi connectivity index (χ4v) is 3.66. The van der Waals surface area contributed by atoms with Gasteiger partial charge in [-0.25, -0.2) is 10.2 Å². The largest absolute Gasteiger partial charge is 0.465 e. The van der Waals surface area contributed by atoms with E-state index in [1.54, 1.807) is 20.8 Å². The van der Waals surface area contributed by atoms with Crippen molar-refractivity contribution < 1.29 is 23.6 Å². The molecule has 0 aliphatic carbocycles. The van der Waals surface area contributed by atoms with Crippen LogP contribution in [0.25, 0.3) is 0 Å². The predicted molar refractivity (Wildman–Crippen MR) is 85.8 cm³/mol. The summed E-state index contributed by atoms with van der Waals surface area (Å²) < 4.78 is 22.4. The van der Waals surface area contributed by atoms with Gasteiger partial charge in [-0.2, -0.15) is 0 Å². The van der Waals surface area contributed by atoms with Gasteiger partial charge in [0.1, 0.15) is 12.1 Å². The van der Waals surface area contributed by atoms with Crippen LogP contribution < -0.4 is 10.2 Å². The third kappa shape index (κ3) is 8.51. The number of carbonyl (C=O) groups is 2. The van der Waals surface area contributed by atoms with E-state index in [1.807, 2.05) is 6.92 Å². The lowest BCUT2D eigenvalue weighted by Crippen LogP contribution is -2.42. The first-order valence-corrected chi connectivity index (χ1v) is 9.89. The van der Waals surface area contributed by atoms with Gasteiger partial charge in [-0.1, -0.05) is 19.8 Å². The average Bonchev–Trinajstić information content (AvgIpc) is 2.43. The van der Waals surface area contributed by atoms with Gasteiger partial charge in [-0.3, -0.25) is 14.2 Å². The number of rotatable bonds is 11. The molecule has 8 heteroatoms. The molecule has 0 radical (unpaired) electrons. The molecule has 0 saturated heterocycles. The molecule has 0 spiro atoms. The molecule has 0 saturated carbocycles. The van der Waals surface area contributed by atoms with Gasteiger partial charge in [0.15, 0.2) is 0 Å². The molecule has 0 amide bonds. The minimum atomic E-state index is -3.10. The zero-order valence-electron chi connectivity index (χ0n) is 14.2. The van der Waals surface area contributed by atoms with Gasteiger partial charge in [-0.05, 0) is 27.2 Å². The Morgan fingerprint density at radius 3 is 2.09 bits per heavy atom. The molecule has 22 heavy (non-hydrogen) atoms. The first-order valence-electron chi connectivity index (χ1n) is 7.73. The summed E-state index contributed by atoms with van der Waals surface area (Å²) in [6.07, 6.45) is 2.25. The molecule has 0 aliphatic rings. The molecule has 0 fully saturated rings. The first-order chi connectivity index (χ1) is 10.3. The number of ether oxygens (including phenoxy) is 2. The van der Waals surface area contributed by atoms with Gasteiger partial charge in [-0.15, -0.1) is 0 Å². The van der Waals surface area contributed by atoms with Crippen LogP contribution in [-0.4, -0.2) is 43.9 Å². The second-order valence-corrected chi connectivity index (χ2v) is 7.47. The number of carbonyl (C=O) groups excluding carboxylic acids is 2. The lowest BCUT2D eigenvalue weighted by Gasteiger charge is -2.25. The Kier molecular flexibility index (Phi) is 10.3. The van der Waals surface area contributed by atoms with Crippen molar-refractivity contribution in [3.8, 4) is 0 Å². The maximum atomic E-state index is 12.6. The molecule has 0 heterocycles. The van der Waals surface area contributed by atoms with Crippen LogP contribution in [0, 0.1) is 0 Å². The van der Waals surface area contributed by atoms with Crippen molar-refractivity contribution in [3.63, 3.8) is 0 Å². The summed E-state index contributed by atoms with van der Waals surface area (Å²) in [6, 6.07) is -1.38. The Labute approximate surface area is 133 Å². The minimum Gasteiger partial charge on any atom is -0.465 e. The van der Waals surface area contributed by atoms with Crippen LogP contribution in [0.4, 0.5) is 0 Å². The quantitative estimate of drug-likeness (QED) is 0.440. The van der Waals surface area contributed by atoms with E-state index in [0.717, 1.165) is 12.8 Å². The summed E-state index contributed by atoms with van der Waals surface area (Å²) in [5.41, 5.74) is 0. The average molecular weight is 336 g/mol. The van der Waals surface area contributed by atoms with Crippen LogP contribution in [0.3, 0.4) is 0 Å².